The van der Waals surface area contributed by atoms with Crippen molar-refractivity contribution in [1.29, 1.82) is 0 Å². The van der Waals surface area contributed by atoms with Crippen LogP contribution in [0.15, 0.2) is 36.6 Å². The molecule has 0 N–H and O–H groups in total. The molecule has 0 atom stereocenters. The monoisotopic (exact) mass is 248 g/mol. The van der Waals surface area contributed by atoms with Gasteiger partial charge in [0.1, 0.15) is 17.6 Å². The summed E-state index contributed by atoms with van der Waals surface area (Å²) in [7, 11) is 0. The predicted octanol–water partition coefficient (Wildman–Crippen LogP) is 2.73. The first kappa shape index (κ1) is 14.0. The maximum Gasteiger partial charge on any atom is 0.334 e. The maximum atomic E-state index is 11.3. The second kappa shape index (κ2) is 6.00. The lowest BCUT2D eigenvalue weighted by molar-refractivity contribution is -0.148. The molecule has 18 heavy (non-hydrogen) atoms. The Kier molecular flexibility index (Phi) is 4.66. The fraction of sp³-hybridized carbons (Fsp3) is 0.286. The maximum absolute atomic E-state index is 11.3. The van der Waals surface area contributed by atoms with Gasteiger partial charge in [0.05, 0.1) is 12.3 Å². The van der Waals surface area contributed by atoms with Crippen molar-refractivity contribution in [2.45, 2.75) is 26.4 Å². The number of rotatable bonds is 4. The van der Waals surface area contributed by atoms with E-state index in [9.17, 15) is 9.59 Å². The smallest absolute Gasteiger partial charge is 0.334 e. The Balaban J connectivity index is 2.54. The van der Waals surface area contributed by atoms with Crippen LogP contribution < -0.4 is 4.74 Å². The first-order valence-electron chi connectivity index (χ1n) is 5.52. The summed E-state index contributed by atoms with van der Waals surface area (Å²) in [4.78, 5) is 21.9. The Hall–Kier alpha value is -2.10. The summed E-state index contributed by atoms with van der Waals surface area (Å²) in [5, 5.41) is 0. The molecule has 0 aliphatic heterocycles. The van der Waals surface area contributed by atoms with Crippen molar-refractivity contribution in [2.75, 3.05) is 0 Å². The van der Waals surface area contributed by atoms with Gasteiger partial charge in [0, 0.05) is 5.56 Å². The van der Waals surface area contributed by atoms with Crippen molar-refractivity contribution in [3.8, 4) is 5.75 Å². The summed E-state index contributed by atoms with van der Waals surface area (Å²) >= 11 is 0. The number of esters is 1. The fourth-order valence-corrected chi connectivity index (χ4v) is 1.17. The molecular formula is C14H16O4. The van der Waals surface area contributed by atoms with Gasteiger partial charge in [-0.15, -0.1) is 0 Å². The molecule has 1 rings (SSSR count). The van der Waals surface area contributed by atoms with Gasteiger partial charge in [-0.3, -0.25) is 4.79 Å². The Morgan fingerprint density at radius 2 is 2.00 bits per heavy atom. The van der Waals surface area contributed by atoms with Crippen LogP contribution in [0.5, 0.6) is 5.75 Å². The van der Waals surface area contributed by atoms with E-state index in [0.717, 1.165) is 6.29 Å². The highest BCUT2D eigenvalue weighted by atomic mass is 16.6. The van der Waals surface area contributed by atoms with Crippen molar-refractivity contribution < 1.29 is 19.1 Å². The molecule has 0 spiro atoms. The predicted molar refractivity (Wildman–Crippen MR) is 67.4 cm³/mol. The SMILES string of the molecule is CC(C)(C)OC(=O)/C=C/Oc1cccc(C=O)c1. The molecule has 0 heterocycles. The van der Waals surface area contributed by atoms with E-state index in [0.29, 0.717) is 11.3 Å². The second-order valence-corrected chi connectivity index (χ2v) is 4.64. The van der Waals surface area contributed by atoms with Gasteiger partial charge in [0.25, 0.3) is 0 Å². The fourth-order valence-electron chi connectivity index (χ4n) is 1.17. The van der Waals surface area contributed by atoms with Gasteiger partial charge >= 0.3 is 5.97 Å². The Bertz CT molecular complexity index is 455. The molecule has 0 amide bonds. The molecule has 0 saturated heterocycles. The van der Waals surface area contributed by atoms with E-state index in [4.69, 9.17) is 9.47 Å². The van der Waals surface area contributed by atoms with Gasteiger partial charge in [-0.2, -0.15) is 0 Å². The standard InChI is InChI=1S/C14H16O4/c1-14(2,3)18-13(16)7-8-17-12-6-4-5-11(9-12)10-15/h4-10H,1-3H3/b8-7+. The zero-order chi connectivity index (χ0) is 13.6. The van der Waals surface area contributed by atoms with Crippen LogP contribution in [0.4, 0.5) is 0 Å². The number of ether oxygens (including phenoxy) is 2. The quantitative estimate of drug-likeness (QED) is 0.356. The zero-order valence-corrected chi connectivity index (χ0v) is 10.7. The van der Waals surface area contributed by atoms with Gasteiger partial charge in [-0.1, -0.05) is 12.1 Å². The molecule has 0 saturated carbocycles. The third-order valence-corrected chi connectivity index (χ3v) is 1.81. The molecule has 1 aromatic carbocycles. The highest BCUT2D eigenvalue weighted by Gasteiger charge is 2.13. The molecular weight excluding hydrogens is 232 g/mol. The first-order valence-corrected chi connectivity index (χ1v) is 5.52. The molecule has 0 bridgehead atoms. The van der Waals surface area contributed by atoms with E-state index in [2.05, 4.69) is 0 Å². The summed E-state index contributed by atoms with van der Waals surface area (Å²) in [6, 6.07) is 6.62. The minimum Gasteiger partial charge on any atom is -0.465 e. The van der Waals surface area contributed by atoms with Crippen LogP contribution in [-0.4, -0.2) is 17.9 Å². The van der Waals surface area contributed by atoms with Gasteiger partial charge in [-0.25, -0.2) is 4.79 Å². The Labute approximate surface area is 106 Å². The summed E-state index contributed by atoms with van der Waals surface area (Å²) in [5.41, 5.74) is -0.0167. The number of carbonyl (C=O) groups is 2. The molecule has 0 aliphatic rings. The lowest BCUT2D eigenvalue weighted by Crippen LogP contribution is -2.22. The van der Waals surface area contributed by atoms with Crippen molar-refractivity contribution in [3.63, 3.8) is 0 Å². The number of hydrogen-bond acceptors (Lipinski definition) is 4. The minimum atomic E-state index is -0.529. The molecule has 1 aromatic rings. The molecule has 0 aliphatic carbocycles. The summed E-state index contributed by atoms with van der Waals surface area (Å²) in [6.07, 6.45) is 3.15. The summed E-state index contributed by atoms with van der Waals surface area (Å²) in [6.45, 7) is 5.35. The number of aldehydes is 1. The average molecular weight is 248 g/mol. The van der Waals surface area contributed by atoms with E-state index < -0.39 is 11.6 Å². The molecule has 0 radical (unpaired) electrons. The molecule has 0 unspecified atom stereocenters. The van der Waals surface area contributed by atoms with E-state index in [1.807, 2.05) is 0 Å². The van der Waals surface area contributed by atoms with E-state index >= 15 is 0 Å². The normalized spacial score (nSPS) is 11.3. The van der Waals surface area contributed by atoms with Crippen LogP contribution in [-0.2, 0) is 9.53 Å². The molecule has 96 valence electrons. The first-order chi connectivity index (χ1) is 8.40. The van der Waals surface area contributed by atoms with Crippen LogP contribution in [0.1, 0.15) is 31.1 Å². The summed E-state index contributed by atoms with van der Waals surface area (Å²) in [5.74, 6) is 0.00782. The van der Waals surface area contributed by atoms with Gasteiger partial charge in [-0.05, 0) is 32.9 Å². The second-order valence-electron chi connectivity index (χ2n) is 4.64. The zero-order valence-electron chi connectivity index (χ0n) is 10.7. The van der Waals surface area contributed by atoms with Crippen molar-refractivity contribution in [3.05, 3.63) is 42.2 Å². The van der Waals surface area contributed by atoms with E-state index in [-0.39, 0.29) is 0 Å². The lowest BCUT2D eigenvalue weighted by Gasteiger charge is -2.17. The van der Waals surface area contributed by atoms with Crippen LogP contribution in [0.25, 0.3) is 0 Å². The number of carbonyl (C=O) groups excluding carboxylic acids is 2. The third-order valence-electron chi connectivity index (χ3n) is 1.81. The van der Waals surface area contributed by atoms with Crippen LogP contribution >= 0.6 is 0 Å². The molecule has 4 heteroatoms. The highest BCUT2D eigenvalue weighted by Crippen LogP contribution is 2.12. The van der Waals surface area contributed by atoms with Crippen LogP contribution in [0, 0.1) is 0 Å². The topological polar surface area (TPSA) is 52.6 Å². The van der Waals surface area contributed by atoms with E-state index in [1.54, 1.807) is 45.0 Å². The summed E-state index contributed by atoms with van der Waals surface area (Å²) < 4.78 is 10.3. The van der Waals surface area contributed by atoms with E-state index in [1.165, 1.54) is 12.3 Å². The average Bonchev–Trinajstić information content (AvgIpc) is 2.27. The molecule has 0 aromatic heterocycles. The van der Waals surface area contributed by atoms with Crippen molar-refractivity contribution in [1.82, 2.24) is 0 Å². The molecule has 0 fully saturated rings. The van der Waals surface area contributed by atoms with Gasteiger partial charge < -0.3 is 9.47 Å². The van der Waals surface area contributed by atoms with Gasteiger partial charge in [0.2, 0.25) is 0 Å². The van der Waals surface area contributed by atoms with Crippen LogP contribution in [0.2, 0.25) is 0 Å². The van der Waals surface area contributed by atoms with Crippen LogP contribution in [0.3, 0.4) is 0 Å². The number of benzene rings is 1. The third kappa shape index (κ3) is 5.30. The van der Waals surface area contributed by atoms with Crippen molar-refractivity contribution >= 4 is 12.3 Å². The highest BCUT2D eigenvalue weighted by molar-refractivity contribution is 5.82. The lowest BCUT2D eigenvalue weighted by atomic mass is 10.2. The Morgan fingerprint density at radius 1 is 1.28 bits per heavy atom. The number of hydrogen-bond donors (Lipinski definition) is 0. The molecule has 4 nitrogen and oxygen atoms in total. The largest absolute Gasteiger partial charge is 0.465 e. The van der Waals surface area contributed by atoms with Crippen molar-refractivity contribution in [2.24, 2.45) is 0 Å². The minimum absolute atomic E-state index is 0.478. The Morgan fingerprint density at radius 3 is 2.61 bits per heavy atom. The van der Waals surface area contributed by atoms with Gasteiger partial charge in [0.15, 0.2) is 0 Å².